The number of carbonyl (C=O) groups excluding carboxylic acids is 2. The van der Waals surface area contributed by atoms with Gasteiger partial charge in [-0.3, -0.25) is 9.59 Å². The summed E-state index contributed by atoms with van der Waals surface area (Å²) in [7, 11) is 0. The van der Waals surface area contributed by atoms with E-state index < -0.39 is 23.3 Å². The smallest absolute Gasteiger partial charge is 0.306 e. The SMILES string of the molecule is Cc1nc(/C=C(\F)C2CC3OC3(C)CCCC(C)CCC(=O)C(C)(C)CCC(=O)O2)cs1. The maximum Gasteiger partial charge on any atom is 0.306 e. The third kappa shape index (κ3) is 6.70. The first kappa shape index (κ1) is 25.0. The second-order valence-corrected chi connectivity index (χ2v) is 11.4. The number of halogens is 1. The standard InChI is InChI=1S/C25H36FNO4S/c1-16-7-6-11-25(5)22(31-25)14-20(19(26)13-18-15-32-17(2)27-18)30-23(29)10-12-24(3,4)21(28)9-8-16/h13,15-16,20,22H,6-12,14H2,1-5H3/b19-13-. The molecular weight excluding hydrogens is 429 g/mol. The molecule has 0 amide bonds. The van der Waals surface area contributed by atoms with Crippen LogP contribution in [0.1, 0.15) is 89.8 Å². The average molecular weight is 466 g/mol. The van der Waals surface area contributed by atoms with Gasteiger partial charge in [0.1, 0.15) is 11.6 Å². The highest BCUT2D eigenvalue weighted by molar-refractivity contribution is 7.09. The topological polar surface area (TPSA) is 68.8 Å². The lowest BCUT2D eigenvalue weighted by molar-refractivity contribution is -0.149. The highest BCUT2D eigenvalue weighted by Crippen LogP contribution is 2.45. The van der Waals surface area contributed by atoms with Crippen LogP contribution >= 0.6 is 11.3 Å². The third-order valence-corrected chi connectivity index (χ3v) is 7.70. The Morgan fingerprint density at radius 2 is 1.97 bits per heavy atom. The number of nitrogens with zero attached hydrogens (tertiary/aromatic N) is 1. The van der Waals surface area contributed by atoms with Crippen molar-refractivity contribution in [2.75, 3.05) is 0 Å². The number of Topliss-reactive ketones (excluding diaryl/α,β-unsaturated/α-hetero) is 1. The predicted octanol–water partition coefficient (Wildman–Crippen LogP) is 6.20. The summed E-state index contributed by atoms with van der Waals surface area (Å²) in [5.74, 6) is -0.380. The van der Waals surface area contributed by atoms with Crippen molar-refractivity contribution in [2.45, 2.75) is 104 Å². The number of ether oxygens (including phenoxy) is 2. The Balaban J connectivity index is 1.76. The fourth-order valence-electron chi connectivity index (χ4n) is 4.33. The Bertz CT molecular complexity index is 864. The van der Waals surface area contributed by atoms with E-state index >= 15 is 4.39 Å². The van der Waals surface area contributed by atoms with Crippen molar-refractivity contribution in [1.29, 1.82) is 0 Å². The molecule has 2 aliphatic heterocycles. The molecule has 0 radical (unpaired) electrons. The zero-order valence-corrected chi connectivity index (χ0v) is 20.7. The molecule has 178 valence electrons. The molecule has 4 atom stereocenters. The summed E-state index contributed by atoms with van der Waals surface area (Å²) in [4.78, 5) is 29.6. The summed E-state index contributed by atoms with van der Waals surface area (Å²) in [6.45, 7) is 9.84. The largest absolute Gasteiger partial charge is 0.455 e. The second-order valence-electron chi connectivity index (χ2n) is 10.3. The summed E-state index contributed by atoms with van der Waals surface area (Å²) in [5.41, 5.74) is -0.388. The van der Waals surface area contributed by atoms with E-state index in [4.69, 9.17) is 9.47 Å². The molecule has 3 rings (SSSR count). The van der Waals surface area contributed by atoms with Crippen LogP contribution in [0.2, 0.25) is 0 Å². The Labute approximate surface area is 194 Å². The van der Waals surface area contributed by atoms with Gasteiger partial charge in [-0.2, -0.15) is 0 Å². The highest BCUT2D eigenvalue weighted by atomic mass is 32.1. The van der Waals surface area contributed by atoms with Gasteiger partial charge < -0.3 is 9.47 Å². The van der Waals surface area contributed by atoms with Crippen LogP contribution in [0.15, 0.2) is 11.2 Å². The zero-order chi connectivity index (χ0) is 23.5. The molecule has 2 saturated heterocycles. The van der Waals surface area contributed by atoms with E-state index in [9.17, 15) is 9.59 Å². The van der Waals surface area contributed by atoms with Crippen molar-refractivity contribution in [3.8, 4) is 0 Å². The molecule has 0 bridgehead atoms. The molecule has 3 heterocycles. The third-order valence-electron chi connectivity index (χ3n) is 6.91. The van der Waals surface area contributed by atoms with E-state index in [1.54, 1.807) is 5.38 Å². The van der Waals surface area contributed by atoms with Gasteiger partial charge in [0.25, 0.3) is 0 Å². The number of carbonyl (C=O) groups is 2. The monoisotopic (exact) mass is 465 g/mol. The first-order valence-electron chi connectivity index (χ1n) is 11.7. The van der Waals surface area contributed by atoms with Crippen LogP contribution in [0.4, 0.5) is 4.39 Å². The van der Waals surface area contributed by atoms with Crippen LogP contribution < -0.4 is 0 Å². The number of epoxide rings is 1. The average Bonchev–Trinajstić information content (AvgIpc) is 3.16. The number of aromatic nitrogens is 1. The van der Waals surface area contributed by atoms with Crippen LogP contribution in [0.3, 0.4) is 0 Å². The van der Waals surface area contributed by atoms with Crippen molar-refractivity contribution in [3.05, 3.63) is 21.9 Å². The number of aryl methyl sites for hydroxylation is 1. The van der Waals surface area contributed by atoms with E-state index in [0.29, 0.717) is 24.5 Å². The molecule has 0 N–H and O–H groups in total. The van der Waals surface area contributed by atoms with Gasteiger partial charge in [0.15, 0.2) is 6.10 Å². The van der Waals surface area contributed by atoms with Crippen molar-refractivity contribution >= 4 is 29.2 Å². The number of fused-ring (bicyclic) bond motifs is 1. The minimum atomic E-state index is -1.01. The van der Waals surface area contributed by atoms with Gasteiger partial charge in [-0.15, -0.1) is 11.3 Å². The van der Waals surface area contributed by atoms with Crippen LogP contribution in [-0.2, 0) is 19.1 Å². The highest BCUT2D eigenvalue weighted by Gasteiger charge is 2.53. The zero-order valence-electron chi connectivity index (χ0n) is 19.9. The quantitative estimate of drug-likeness (QED) is 0.384. The van der Waals surface area contributed by atoms with Crippen LogP contribution in [0.5, 0.6) is 0 Å². The van der Waals surface area contributed by atoms with Gasteiger partial charge in [-0.05, 0) is 45.1 Å². The van der Waals surface area contributed by atoms with E-state index in [-0.39, 0.29) is 30.3 Å². The molecule has 7 heteroatoms. The number of cyclic esters (lactones) is 1. The van der Waals surface area contributed by atoms with Gasteiger partial charge >= 0.3 is 5.97 Å². The number of thiazole rings is 1. The van der Waals surface area contributed by atoms with Crippen molar-refractivity contribution in [1.82, 2.24) is 4.98 Å². The normalized spacial score (nSPS) is 32.8. The number of rotatable bonds is 2. The molecule has 0 saturated carbocycles. The Morgan fingerprint density at radius 1 is 1.22 bits per heavy atom. The molecule has 4 unspecified atom stereocenters. The van der Waals surface area contributed by atoms with Gasteiger partial charge in [0.2, 0.25) is 0 Å². The first-order chi connectivity index (χ1) is 15.0. The summed E-state index contributed by atoms with van der Waals surface area (Å²) in [6, 6.07) is 0. The lowest BCUT2D eigenvalue weighted by atomic mass is 9.80. The fourth-order valence-corrected chi connectivity index (χ4v) is 4.90. The summed E-state index contributed by atoms with van der Waals surface area (Å²) < 4.78 is 26.7. The molecule has 2 aliphatic rings. The van der Waals surface area contributed by atoms with E-state index in [1.165, 1.54) is 17.4 Å². The second kappa shape index (κ2) is 10.1. The maximum atomic E-state index is 15.2. The lowest BCUT2D eigenvalue weighted by Gasteiger charge is -2.24. The number of esters is 1. The Kier molecular flexibility index (Phi) is 7.92. The molecular formula is C25H36FNO4S. The Hall–Kier alpha value is -1.60. The van der Waals surface area contributed by atoms with Gasteiger partial charge in [-0.25, -0.2) is 9.37 Å². The first-order valence-corrected chi connectivity index (χ1v) is 12.6. The Morgan fingerprint density at radius 3 is 2.66 bits per heavy atom. The summed E-state index contributed by atoms with van der Waals surface area (Å²) >= 11 is 1.44. The molecule has 1 aromatic rings. The predicted molar refractivity (Wildman–Crippen MR) is 124 cm³/mol. The lowest BCUT2D eigenvalue weighted by Crippen LogP contribution is -2.28. The number of hydrogen-bond acceptors (Lipinski definition) is 6. The molecule has 5 nitrogen and oxygen atoms in total. The number of ketones is 1. The summed E-state index contributed by atoms with van der Waals surface area (Å²) in [6.07, 6.45) is 5.23. The van der Waals surface area contributed by atoms with Crippen molar-refractivity contribution in [3.63, 3.8) is 0 Å². The minimum Gasteiger partial charge on any atom is -0.455 e. The minimum absolute atomic E-state index is 0.0800. The molecule has 0 aliphatic carbocycles. The van der Waals surface area contributed by atoms with Crippen LogP contribution in [0.25, 0.3) is 6.08 Å². The fraction of sp³-hybridized carbons (Fsp3) is 0.720. The molecule has 2 fully saturated rings. The molecule has 0 spiro atoms. The van der Waals surface area contributed by atoms with E-state index in [1.807, 2.05) is 27.7 Å². The number of hydrogen-bond donors (Lipinski definition) is 0. The van der Waals surface area contributed by atoms with Gasteiger partial charge in [-0.1, -0.05) is 33.6 Å². The van der Waals surface area contributed by atoms with Crippen molar-refractivity contribution < 1.29 is 23.5 Å². The molecule has 32 heavy (non-hydrogen) atoms. The maximum absolute atomic E-state index is 15.2. The van der Waals surface area contributed by atoms with Crippen LogP contribution in [0, 0.1) is 18.3 Å². The van der Waals surface area contributed by atoms with Gasteiger partial charge in [0.05, 0.1) is 22.4 Å². The van der Waals surface area contributed by atoms with Gasteiger partial charge in [0, 0.05) is 30.1 Å². The van der Waals surface area contributed by atoms with E-state index in [2.05, 4.69) is 11.9 Å². The van der Waals surface area contributed by atoms with Crippen LogP contribution in [-0.4, -0.2) is 34.5 Å². The van der Waals surface area contributed by atoms with E-state index in [0.717, 1.165) is 30.7 Å². The molecule has 1 aromatic heterocycles. The van der Waals surface area contributed by atoms with Crippen molar-refractivity contribution in [2.24, 2.45) is 11.3 Å². The summed E-state index contributed by atoms with van der Waals surface area (Å²) in [5, 5.41) is 2.62. The molecule has 0 aromatic carbocycles.